The second-order valence-corrected chi connectivity index (χ2v) is 7.84. The second kappa shape index (κ2) is 7.26. The summed E-state index contributed by atoms with van der Waals surface area (Å²) in [6.45, 7) is 5.36. The van der Waals surface area contributed by atoms with Gasteiger partial charge in [-0.15, -0.1) is 11.3 Å². The first-order valence-corrected chi connectivity index (χ1v) is 9.26. The van der Waals surface area contributed by atoms with Gasteiger partial charge < -0.3 is 4.90 Å². The number of halogens is 3. The number of nitrogens with zero attached hydrogens (tertiary/aromatic N) is 3. The number of aryl methyl sites for hydroxylation is 1. The molecule has 2 aromatic rings. The molecule has 0 N–H and O–H groups in total. The molecule has 2 amide bonds. The second-order valence-electron chi connectivity index (χ2n) is 6.63. The van der Waals surface area contributed by atoms with Crippen LogP contribution in [0.4, 0.5) is 18.0 Å². The maximum Gasteiger partial charge on any atom is 0.416 e. The number of amides is 2. The van der Waals surface area contributed by atoms with E-state index in [1.807, 2.05) is 6.92 Å². The van der Waals surface area contributed by atoms with Crippen LogP contribution in [-0.2, 0) is 6.18 Å². The Morgan fingerprint density at radius 2 is 1.96 bits per heavy atom. The summed E-state index contributed by atoms with van der Waals surface area (Å²) in [5.74, 6) is 0.454. The fraction of sp³-hybridized carbons (Fsp3) is 0.444. The van der Waals surface area contributed by atoms with Gasteiger partial charge in [0.2, 0.25) is 0 Å². The van der Waals surface area contributed by atoms with Crippen LogP contribution in [0.3, 0.4) is 0 Å². The number of carbonyl (C=O) groups is 1. The molecule has 1 fully saturated rings. The predicted octanol–water partition coefficient (Wildman–Crippen LogP) is 4.62. The predicted molar refractivity (Wildman–Crippen MR) is 94.3 cm³/mol. The average Bonchev–Trinajstić information content (AvgIpc) is 2.94. The molecule has 4 nitrogen and oxygen atoms in total. The van der Waals surface area contributed by atoms with Gasteiger partial charge in [-0.1, -0.05) is 6.92 Å². The Morgan fingerprint density at radius 3 is 2.58 bits per heavy atom. The zero-order valence-electron chi connectivity index (χ0n) is 14.6. The van der Waals surface area contributed by atoms with Crippen molar-refractivity contribution < 1.29 is 18.0 Å². The van der Waals surface area contributed by atoms with E-state index in [0.29, 0.717) is 29.5 Å². The number of thiazole rings is 1. The number of likely N-dealkylation sites (tertiary alicyclic amines) is 1. The number of aromatic nitrogens is 1. The van der Waals surface area contributed by atoms with Gasteiger partial charge in [-0.05, 0) is 49.9 Å². The van der Waals surface area contributed by atoms with Crippen molar-refractivity contribution in [3.63, 3.8) is 0 Å². The molecule has 1 aromatic carbocycles. The third-order valence-corrected chi connectivity index (χ3v) is 5.26. The summed E-state index contributed by atoms with van der Waals surface area (Å²) < 4.78 is 39.9. The van der Waals surface area contributed by atoms with E-state index in [2.05, 4.69) is 11.9 Å². The molecule has 140 valence electrons. The number of benzene rings is 1. The Kier molecular flexibility index (Phi) is 5.22. The maximum absolute atomic E-state index is 12.7. The Morgan fingerprint density at radius 1 is 1.27 bits per heavy atom. The van der Waals surface area contributed by atoms with Crippen LogP contribution in [0.1, 0.15) is 30.2 Å². The lowest BCUT2D eigenvalue weighted by molar-refractivity contribution is -0.137. The molecular formula is C18H20F3N3OS. The Hall–Kier alpha value is -2.09. The molecule has 1 aliphatic heterocycles. The van der Waals surface area contributed by atoms with E-state index in [-0.39, 0.29) is 6.03 Å². The van der Waals surface area contributed by atoms with Gasteiger partial charge >= 0.3 is 12.2 Å². The molecule has 26 heavy (non-hydrogen) atoms. The molecule has 1 aromatic heterocycles. The van der Waals surface area contributed by atoms with Crippen LogP contribution in [0.5, 0.6) is 0 Å². The summed E-state index contributed by atoms with van der Waals surface area (Å²) in [5.41, 5.74) is -0.161. The van der Waals surface area contributed by atoms with Crippen LogP contribution in [0.25, 0.3) is 5.69 Å². The maximum atomic E-state index is 12.7. The smallest absolute Gasteiger partial charge is 0.323 e. The molecule has 2 heterocycles. The Balaban J connectivity index is 1.92. The van der Waals surface area contributed by atoms with Gasteiger partial charge in [-0.2, -0.15) is 18.2 Å². The van der Waals surface area contributed by atoms with Crippen LogP contribution in [0.15, 0.2) is 35.5 Å². The molecule has 0 saturated carbocycles. The van der Waals surface area contributed by atoms with E-state index in [4.69, 9.17) is 0 Å². The van der Waals surface area contributed by atoms with Crippen LogP contribution in [-0.4, -0.2) is 28.6 Å². The molecule has 1 atom stereocenters. The average molecular weight is 383 g/mol. The lowest BCUT2D eigenvalue weighted by Gasteiger charge is -2.29. The van der Waals surface area contributed by atoms with Crippen molar-refractivity contribution in [1.29, 1.82) is 0 Å². The SMILES string of the molecule is Cc1cn(-c2ccc(C(F)(F)F)cc2)/c(=N/C(=O)N2CCCC(C)C2)s1. The van der Waals surface area contributed by atoms with Crippen molar-refractivity contribution in [2.45, 2.75) is 32.9 Å². The summed E-state index contributed by atoms with van der Waals surface area (Å²) in [4.78, 5) is 19.8. The first-order chi connectivity index (χ1) is 12.2. The van der Waals surface area contributed by atoms with Gasteiger partial charge in [0, 0.05) is 29.9 Å². The van der Waals surface area contributed by atoms with E-state index in [0.717, 1.165) is 29.9 Å². The van der Waals surface area contributed by atoms with E-state index in [9.17, 15) is 18.0 Å². The molecular weight excluding hydrogens is 363 g/mol. The van der Waals surface area contributed by atoms with Crippen molar-refractivity contribution in [2.75, 3.05) is 13.1 Å². The summed E-state index contributed by atoms with van der Waals surface area (Å²) in [6, 6.07) is 4.56. The number of piperidine rings is 1. The number of urea groups is 1. The summed E-state index contributed by atoms with van der Waals surface area (Å²) >= 11 is 1.34. The number of hydrogen-bond acceptors (Lipinski definition) is 2. The van der Waals surface area contributed by atoms with E-state index >= 15 is 0 Å². The number of alkyl halides is 3. The molecule has 3 rings (SSSR count). The van der Waals surface area contributed by atoms with Crippen molar-refractivity contribution in [3.05, 3.63) is 45.7 Å². The standard InChI is InChI=1S/C18H20F3N3OS/c1-12-4-3-9-23(10-12)16(25)22-17-24(11-13(2)26-17)15-7-5-14(6-8-15)18(19,20)21/h5-8,11-12H,3-4,9-10H2,1-2H3/b22-17-. The van der Waals surface area contributed by atoms with Crippen molar-refractivity contribution in [3.8, 4) is 5.69 Å². The normalized spacial score (nSPS) is 19.0. The van der Waals surface area contributed by atoms with Gasteiger partial charge in [-0.3, -0.25) is 4.57 Å². The molecule has 1 aliphatic rings. The molecule has 1 saturated heterocycles. The Bertz CT molecular complexity index is 852. The third kappa shape index (κ3) is 4.17. The largest absolute Gasteiger partial charge is 0.416 e. The summed E-state index contributed by atoms with van der Waals surface area (Å²) in [6.07, 6.45) is -0.529. The molecule has 1 unspecified atom stereocenters. The van der Waals surface area contributed by atoms with Crippen LogP contribution in [0.2, 0.25) is 0 Å². The minimum absolute atomic E-state index is 0.293. The van der Waals surface area contributed by atoms with Gasteiger partial charge in [0.05, 0.1) is 5.56 Å². The molecule has 0 radical (unpaired) electrons. The zero-order valence-corrected chi connectivity index (χ0v) is 15.4. The molecule has 8 heteroatoms. The van der Waals surface area contributed by atoms with E-state index in [1.54, 1.807) is 15.7 Å². The van der Waals surface area contributed by atoms with Crippen molar-refractivity contribution >= 4 is 17.4 Å². The quantitative estimate of drug-likeness (QED) is 0.708. The fourth-order valence-corrected chi connectivity index (χ4v) is 3.87. The highest BCUT2D eigenvalue weighted by molar-refractivity contribution is 7.09. The van der Waals surface area contributed by atoms with Gasteiger partial charge in [0.1, 0.15) is 0 Å². The van der Waals surface area contributed by atoms with Gasteiger partial charge in [-0.25, -0.2) is 4.79 Å². The minimum Gasteiger partial charge on any atom is -0.323 e. The third-order valence-electron chi connectivity index (χ3n) is 4.36. The minimum atomic E-state index is -4.37. The van der Waals surface area contributed by atoms with Crippen molar-refractivity contribution in [2.24, 2.45) is 10.9 Å². The zero-order chi connectivity index (χ0) is 18.9. The van der Waals surface area contributed by atoms with Gasteiger partial charge in [0.25, 0.3) is 0 Å². The van der Waals surface area contributed by atoms with E-state index in [1.165, 1.54) is 23.5 Å². The van der Waals surface area contributed by atoms with Crippen LogP contribution in [0, 0.1) is 12.8 Å². The lowest BCUT2D eigenvalue weighted by Crippen LogP contribution is -2.38. The number of carbonyl (C=O) groups excluding carboxylic acids is 1. The lowest BCUT2D eigenvalue weighted by atomic mass is 10.0. The first-order valence-electron chi connectivity index (χ1n) is 8.44. The van der Waals surface area contributed by atoms with E-state index < -0.39 is 11.7 Å². The molecule has 0 aliphatic carbocycles. The highest BCUT2D eigenvalue weighted by Crippen LogP contribution is 2.29. The summed E-state index contributed by atoms with van der Waals surface area (Å²) in [7, 11) is 0. The Labute approximate surface area is 153 Å². The van der Waals surface area contributed by atoms with Gasteiger partial charge in [0.15, 0.2) is 4.80 Å². The van der Waals surface area contributed by atoms with Crippen LogP contribution < -0.4 is 4.80 Å². The highest BCUT2D eigenvalue weighted by Gasteiger charge is 2.30. The van der Waals surface area contributed by atoms with Crippen molar-refractivity contribution in [1.82, 2.24) is 9.47 Å². The van der Waals surface area contributed by atoms with Crippen LogP contribution >= 0.6 is 11.3 Å². The monoisotopic (exact) mass is 383 g/mol. The summed E-state index contributed by atoms with van der Waals surface area (Å²) in [5, 5.41) is 0. The fourth-order valence-electron chi connectivity index (χ4n) is 3.04. The highest BCUT2D eigenvalue weighted by atomic mass is 32.1. The number of rotatable bonds is 1. The topological polar surface area (TPSA) is 37.6 Å². The number of hydrogen-bond donors (Lipinski definition) is 0. The molecule has 0 bridgehead atoms. The first kappa shape index (κ1) is 18.7. The molecule has 0 spiro atoms.